The lowest BCUT2D eigenvalue weighted by molar-refractivity contribution is 0.474. The third-order valence-electron chi connectivity index (χ3n) is 1.74. The van der Waals surface area contributed by atoms with Gasteiger partial charge in [0.1, 0.15) is 5.75 Å². The van der Waals surface area contributed by atoms with E-state index in [9.17, 15) is 5.11 Å². The van der Waals surface area contributed by atoms with Gasteiger partial charge in [0.2, 0.25) is 0 Å². The first-order valence-electron chi connectivity index (χ1n) is 4.16. The van der Waals surface area contributed by atoms with Crippen molar-refractivity contribution in [2.45, 2.75) is 6.92 Å². The smallest absolute Gasteiger partial charge is 0.124 e. The van der Waals surface area contributed by atoms with Crippen molar-refractivity contribution in [1.82, 2.24) is 0 Å². The Morgan fingerprint density at radius 1 is 1.46 bits per heavy atom. The highest BCUT2D eigenvalue weighted by molar-refractivity contribution is 7.80. The van der Waals surface area contributed by atoms with E-state index in [4.69, 9.17) is 0 Å². The van der Waals surface area contributed by atoms with E-state index in [1.54, 1.807) is 12.1 Å². The first-order valence-corrected chi connectivity index (χ1v) is 4.79. The zero-order chi connectivity index (χ0) is 9.68. The van der Waals surface area contributed by atoms with Crippen LogP contribution in [0.1, 0.15) is 12.5 Å². The Kier molecular flexibility index (Phi) is 3.83. The van der Waals surface area contributed by atoms with Gasteiger partial charge in [0.25, 0.3) is 0 Å². The maximum absolute atomic E-state index is 9.48. The van der Waals surface area contributed by atoms with Crippen LogP contribution in [0.2, 0.25) is 0 Å². The number of para-hydroxylation sites is 1. The molecule has 0 saturated heterocycles. The zero-order valence-corrected chi connectivity index (χ0v) is 8.46. The molecule has 0 aliphatic heterocycles. The lowest BCUT2D eigenvalue weighted by Crippen LogP contribution is -1.97. The fourth-order valence-electron chi connectivity index (χ4n) is 1.08. The van der Waals surface area contributed by atoms with Crippen molar-refractivity contribution < 1.29 is 5.11 Å². The number of rotatable bonds is 3. The fourth-order valence-corrected chi connectivity index (χ4v) is 1.18. The number of aliphatic imine (C=N–C) groups is 1. The summed E-state index contributed by atoms with van der Waals surface area (Å²) in [7, 11) is 0. The van der Waals surface area contributed by atoms with Crippen LogP contribution in [0.15, 0.2) is 29.3 Å². The van der Waals surface area contributed by atoms with Crippen LogP contribution in [0, 0.1) is 0 Å². The molecule has 0 amide bonds. The molecule has 0 radical (unpaired) electrons. The summed E-state index contributed by atoms with van der Waals surface area (Å²) >= 11 is 4.06. The highest BCUT2D eigenvalue weighted by Gasteiger charge is 2.01. The monoisotopic (exact) mass is 195 g/mol. The van der Waals surface area contributed by atoms with Gasteiger partial charge in [-0.05, 0) is 19.1 Å². The number of benzene rings is 1. The number of thiol groups is 1. The molecule has 0 fully saturated rings. The van der Waals surface area contributed by atoms with Gasteiger partial charge in [0.15, 0.2) is 0 Å². The van der Waals surface area contributed by atoms with Crippen LogP contribution < -0.4 is 0 Å². The molecular weight excluding hydrogens is 182 g/mol. The molecule has 1 N–H and O–H groups in total. The molecule has 0 aromatic heterocycles. The second kappa shape index (κ2) is 4.92. The Bertz CT molecular complexity index is 310. The minimum Gasteiger partial charge on any atom is -0.507 e. The van der Waals surface area contributed by atoms with E-state index in [2.05, 4.69) is 17.6 Å². The summed E-state index contributed by atoms with van der Waals surface area (Å²) in [6.07, 6.45) is 0. The normalized spacial score (nSPS) is 11.7. The fraction of sp³-hybridized carbons (Fsp3) is 0.300. The molecule has 0 saturated carbocycles. The topological polar surface area (TPSA) is 32.6 Å². The van der Waals surface area contributed by atoms with E-state index in [0.717, 1.165) is 17.0 Å². The van der Waals surface area contributed by atoms with Crippen molar-refractivity contribution in [2.24, 2.45) is 4.99 Å². The minimum atomic E-state index is 0.280. The lowest BCUT2D eigenvalue weighted by Gasteiger charge is -2.02. The SMILES string of the molecule is CC(=NCCS)c1ccccc1O. The van der Waals surface area contributed by atoms with E-state index in [1.807, 2.05) is 19.1 Å². The van der Waals surface area contributed by atoms with Crippen LogP contribution >= 0.6 is 12.6 Å². The second-order valence-corrected chi connectivity index (χ2v) is 3.16. The van der Waals surface area contributed by atoms with Crippen LogP contribution in [-0.4, -0.2) is 23.1 Å². The Balaban J connectivity index is 2.88. The van der Waals surface area contributed by atoms with Crippen molar-refractivity contribution in [2.75, 3.05) is 12.3 Å². The first kappa shape index (κ1) is 10.1. The Morgan fingerprint density at radius 2 is 2.15 bits per heavy atom. The molecule has 2 nitrogen and oxygen atoms in total. The van der Waals surface area contributed by atoms with Gasteiger partial charge in [0, 0.05) is 23.6 Å². The van der Waals surface area contributed by atoms with E-state index in [0.29, 0.717) is 6.54 Å². The van der Waals surface area contributed by atoms with E-state index in [1.165, 1.54) is 0 Å². The number of nitrogens with zero attached hydrogens (tertiary/aromatic N) is 1. The molecular formula is C10H13NOS. The largest absolute Gasteiger partial charge is 0.507 e. The third kappa shape index (κ3) is 2.77. The van der Waals surface area contributed by atoms with Gasteiger partial charge in [-0.1, -0.05) is 12.1 Å². The van der Waals surface area contributed by atoms with Gasteiger partial charge in [-0.2, -0.15) is 12.6 Å². The molecule has 0 spiro atoms. The van der Waals surface area contributed by atoms with Gasteiger partial charge in [-0.25, -0.2) is 0 Å². The van der Waals surface area contributed by atoms with E-state index >= 15 is 0 Å². The first-order chi connectivity index (χ1) is 6.25. The summed E-state index contributed by atoms with van der Waals surface area (Å²) in [4.78, 5) is 4.25. The summed E-state index contributed by atoms with van der Waals surface area (Å²) in [5, 5.41) is 9.48. The van der Waals surface area contributed by atoms with E-state index in [-0.39, 0.29) is 5.75 Å². The summed E-state index contributed by atoms with van der Waals surface area (Å²) in [6.45, 7) is 2.57. The molecule has 0 unspecified atom stereocenters. The number of hydrogen-bond donors (Lipinski definition) is 2. The van der Waals surface area contributed by atoms with Crippen LogP contribution in [0.5, 0.6) is 5.75 Å². The van der Waals surface area contributed by atoms with Crippen molar-refractivity contribution in [1.29, 1.82) is 0 Å². The Labute approximate surface area is 83.7 Å². The van der Waals surface area contributed by atoms with Crippen LogP contribution in [0.4, 0.5) is 0 Å². The number of phenolic OH excluding ortho intramolecular Hbond substituents is 1. The maximum atomic E-state index is 9.48. The van der Waals surface area contributed by atoms with Crippen molar-refractivity contribution in [3.63, 3.8) is 0 Å². The molecule has 0 aliphatic rings. The maximum Gasteiger partial charge on any atom is 0.124 e. The molecule has 3 heteroatoms. The molecule has 1 aromatic rings. The highest BCUT2D eigenvalue weighted by atomic mass is 32.1. The average molecular weight is 195 g/mol. The third-order valence-corrected chi connectivity index (χ3v) is 1.94. The van der Waals surface area contributed by atoms with Gasteiger partial charge < -0.3 is 5.11 Å². The predicted molar refractivity (Wildman–Crippen MR) is 59.0 cm³/mol. The van der Waals surface area contributed by atoms with Gasteiger partial charge in [0.05, 0.1) is 0 Å². The van der Waals surface area contributed by atoms with Crippen molar-refractivity contribution in [3.05, 3.63) is 29.8 Å². The summed E-state index contributed by atoms with van der Waals surface area (Å²) in [5.41, 5.74) is 1.65. The van der Waals surface area contributed by atoms with Gasteiger partial charge >= 0.3 is 0 Å². The Morgan fingerprint density at radius 3 is 2.77 bits per heavy atom. The predicted octanol–water partition coefficient (Wildman–Crippen LogP) is 2.13. The minimum absolute atomic E-state index is 0.280. The molecule has 0 heterocycles. The van der Waals surface area contributed by atoms with E-state index < -0.39 is 0 Å². The van der Waals surface area contributed by atoms with Crippen LogP contribution in [0.3, 0.4) is 0 Å². The highest BCUT2D eigenvalue weighted by Crippen LogP contribution is 2.16. The van der Waals surface area contributed by atoms with Crippen LogP contribution in [0.25, 0.3) is 0 Å². The number of aromatic hydroxyl groups is 1. The second-order valence-electron chi connectivity index (χ2n) is 2.71. The standard InChI is InChI=1S/C10H13NOS/c1-8(11-6-7-13)9-4-2-3-5-10(9)12/h2-5,12-13H,6-7H2,1H3. The van der Waals surface area contributed by atoms with Crippen LogP contribution in [-0.2, 0) is 0 Å². The van der Waals surface area contributed by atoms with Crippen molar-refractivity contribution >= 4 is 18.3 Å². The number of phenols is 1. The van der Waals surface area contributed by atoms with Crippen molar-refractivity contribution in [3.8, 4) is 5.75 Å². The molecule has 0 atom stereocenters. The molecule has 1 rings (SSSR count). The molecule has 13 heavy (non-hydrogen) atoms. The molecule has 70 valence electrons. The lowest BCUT2D eigenvalue weighted by atomic mass is 10.1. The molecule has 1 aromatic carbocycles. The quantitative estimate of drug-likeness (QED) is 0.562. The summed E-state index contributed by atoms with van der Waals surface area (Å²) < 4.78 is 0. The Hall–Kier alpha value is -0.960. The number of hydrogen-bond acceptors (Lipinski definition) is 3. The average Bonchev–Trinajstić information content (AvgIpc) is 2.15. The molecule has 0 bridgehead atoms. The zero-order valence-electron chi connectivity index (χ0n) is 7.57. The summed E-state index contributed by atoms with van der Waals surface area (Å²) in [5.74, 6) is 1.01. The molecule has 0 aliphatic carbocycles. The van der Waals surface area contributed by atoms with Gasteiger partial charge in [-0.15, -0.1) is 0 Å². The summed E-state index contributed by atoms with van der Waals surface area (Å²) in [6, 6.07) is 7.20. The van der Waals surface area contributed by atoms with Gasteiger partial charge in [-0.3, -0.25) is 4.99 Å².